The monoisotopic (exact) mass is 271 g/mol. The summed E-state index contributed by atoms with van der Waals surface area (Å²) in [4.78, 5) is 17.2. The van der Waals surface area contributed by atoms with E-state index in [9.17, 15) is 4.79 Å². The molecule has 18 heavy (non-hydrogen) atoms. The van der Waals surface area contributed by atoms with Crippen molar-refractivity contribution >= 4 is 22.4 Å². The minimum Gasteiger partial charge on any atom is -0.481 e. The lowest BCUT2D eigenvalue weighted by molar-refractivity contribution is -0.136. The highest BCUT2D eigenvalue weighted by Gasteiger charge is 2.10. The van der Waals surface area contributed by atoms with E-state index < -0.39 is 5.97 Å². The molecular weight excluding hydrogens is 250 g/mol. The predicted molar refractivity (Wildman–Crippen MR) is 74.3 cm³/mol. The number of hydrogen-bond acceptors (Lipinski definition) is 5. The van der Waals surface area contributed by atoms with Crippen LogP contribution in [0.1, 0.15) is 26.5 Å². The van der Waals surface area contributed by atoms with Crippen molar-refractivity contribution in [1.82, 2.24) is 9.88 Å². The van der Waals surface area contributed by atoms with Gasteiger partial charge in [0.1, 0.15) is 0 Å². The van der Waals surface area contributed by atoms with Crippen LogP contribution in [0.2, 0.25) is 0 Å². The predicted octanol–water partition coefficient (Wildman–Crippen LogP) is 1.91. The molecule has 0 aliphatic heterocycles. The van der Waals surface area contributed by atoms with Gasteiger partial charge in [0, 0.05) is 18.0 Å². The lowest BCUT2D eigenvalue weighted by atomic mass is 10.3. The SMILES string of the molecule is CCN(CC)CC(C)Nc1nc(CC(=O)O)cs1. The molecule has 2 N–H and O–H groups in total. The number of thiazole rings is 1. The van der Waals surface area contributed by atoms with E-state index in [1.807, 2.05) is 0 Å². The number of aromatic nitrogens is 1. The van der Waals surface area contributed by atoms with Crippen LogP contribution in [0.4, 0.5) is 5.13 Å². The molecule has 1 rings (SSSR count). The van der Waals surface area contributed by atoms with E-state index in [0.717, 1.165) is 24.8 Å². The number of nitrogens with zero attached hydrogens (tertiary/aromatic N) is 2. The highest BCUT2D eigenvalue weighted by Crippen LogP contribution is 2.17. The molecule has 1 atom stereocenters. The average Bonchev–Trinajstić information content (AvgIpc) is 2.72. The quantitative estimate of drug-likeness (QED) is 0.756. The van der Waals surface area contributed by atoms with Crippen molar-refractivity contribution in [3.8, 4) is 0 Å². The smallest absolute Gasteiger partial charge is 0.309 e. The van der Waals surface area contributed by atoms with Crippen molar-refractivity contribution in [3.05, 3.63) is 11.1 Å². The number of carboxylic acid groups (broad SMARTS) is 1. The summed E-state index contributed by atoms with van der Waals surface area (Å²) in [6.07, 6.45) is -0.0113. The molecule has 1 aromatic rings. The minimum atomic E-state index is -0.844. The summed E-state index contributed by atoms with van der Waals surface area (Å²) in [7, 11) is 0. The summed E-state index contributed by atoms with van der Waals surface area (Å²) in [6.45, 7) is 9.42. The topological polar surface area (TPSA) is 65.5 Å². The Kier molecular flexibility index (Phi) is 6.07. The molecule has 1 aromatic heterocycles. The van der Waals surface area contributed by atoms with E-state index in [0.29, 0.717) is 11.7 Å². The number of rotatable bonds is 8. The minimum absolute atomic E-state index is 0.0113. The molecule has 0 aromatic carbocycles. The molecule has 5 nitrogen and oxygen atoms in total. The summed E-state index contributed by atoms with van der Waals surface area (Å²) in [6, 6.07) is 0.300. The molecule has 0 aliphatic carbocycles. The molecule has 0 saturated heterocycles. The molecule has 0 spiro atoms. The fourth-order valence-electron chi connectivity index (χ4n) is 1.73. The third-order valence-electron chi connectivity index (χ3n) is 2.68. The average molecular weight is 271 g/mol. The van der Waals surface area contributed by atoms with E-state index in [1.54, 1.807) is 5.38 Å². The van der Waals surface area contributed by atoms with Gasteiger partial charge in [-0.1, -0.05) is 13.8 Å². The molecule has 1 unspecified atom stereocenters. The Balaban J connectivity index is 2.46. The highest BCUT2D eigenvalue weighted by atomic mass is 32.1. The number of likely N-dealkylation sites (N-methyl/N-ethyl adjacent to an activating group) is 1. The number of carboxylic acids is 1. The van der Waals surface area contributed by atoms with Crippen LogP contribution in [0.15, 0.2) is 5.38 Å². The van der Waals surface area contributed by atoms with Gasteiger partial charge in [0.2, 0.25) is 0 Å². The molecule has 0 saturated carbocycles. The first-order valence-electron chi connectivity index (χ1n) is 6.20. The van der Waals surface area contributed by atoms with Crippen molar-refractivity contribution in [3.63, 3.8) is 0 Å². The third-order valence-corrected chi connectivity index (χ3v) is 3.50. The summed E-state index contributed by atoms with van der Waals surface area (Å²) in [5.41, 5.74) is 0.616. The number of hydrogen-bond donors (Lipinski definition) is 2. The molecule has 1 heterocycles. The van der Waals surface area contributed by atoms with Gasteiger partial charge in [0.05, 0.1) is 12.1 Å². The standard InChI is InChI=1S/C12H21N3O2S/c1-4-15(5-2)7-9(3)13-12-14-10(8-18-12)6-11(16)17/h8-9H,4-7H2,1-3H3,(H,13,14)(H,16,17). The maximum absolute atomic E-state index is 10.6. The third kappa shape index (κ3) is 5.01. The lowest BCUT2D eigenvalue weighted by Crippen LogP contribution is -2.34. The Morgan fingerprint density at radius 1 is 1.56 bits per heavy atom. The van der Waals surface area contributed by atoms with E-state index in [-0.39, 0.29) is 6.42 Å². The lowest BCUT2D eigenvalue weighted by Gasteiger charge is -2.23. The Bertz CT molecular complexity index is 377. The maximum atomic E-state index is 10.6. The van der Waals surface area contributed by atoms with Gasteiger partial charge in [-0.3, -0.25) is 4.79 Å². The van der Waals surface area contributed by atoms with Gasteiger partial charge in [0.25, 0.3) is 0 Å². The van der Waals surface area contributed by atoms with Crippen molar-refractivity contribution in [2.75, 3.05) is 25.0 Å². The van der Waals surface area contributed by atoms with Gasteiger partial charge in [-0.25, -0.2) is 4.98 Å². The number of aliphatic carboxylic acids is 1. The van der Waals surface area contributed by atoms with Crippen LogP contribution in [-0.4, -0.2) is 46.6 Å². The van der Waals surface area contributed by atoms with Crippen LogP contribution in [0.3, 0.4) is 0 Å². The number of nitrogens with one attached hydrogen (secondary N) is 1. The van der Waals surface area contributed by atoms with Crippen LogP contribution >= 0.6 is 11.3 Å². The van der Waals surface area contributed by atoms with Gasteiger partial charge in [-0.05, 0) is 20.0 Å². The Morgan fingerprint density at radius 2 is 2.22 bits per heavy atom. The van der Waals surface area contributed by atoms with Gasteiger partial charge in [-0.15, -0.1) is 11.3 Å². The second-order valence-electron chi connectivity index (χ2n) is 4.25. The summed E-state index contributed by atoms with van der Waals surface area (Å²) < 4.78 is 0. The molecule has 0 radical (unpaired) electrons. The molecule has 0 bridgehead atoms. The van der Waals surface area contributed by atoms with Crippen molar-refractivity contribution in [2.24, 2.45) is 0 Å². The Labute approximate surface area is 112 Å². The highest BCUT2D eigenvalue weighted by molar-refractivity contribution is 7.13. The second-order valence-corrected chi connectivity index (χ2v) is 5.10. The molecule has 0 aliphatic rings. The maximum Gasteiger partial charge on any atom is 0.309 e. The first-order valence-corrected chi connectivity index (χ1v) is 7.08. The van der Waals surface area contributed by atoms with Crippen LogP contribution in [0.5, 0.6) is 0 Å². The number of carbonyl (C=O) groups is 1. The van der Waals surface area contributed by atoms with Crippen molar-refractivity contribution < 1.29 is 9.90 Å². The molecule has 0 amide bonds. The summed E-state index contributed by atoms with van der Waals surface area (Å²) >= 11 is 1.46. The van der Waals surface area contributed by atoms with Crippen molar-refractivity contribution in [2.45, 2.75) is 33.2 Å². The van der Waals surface area contributed by atoms with E-state index in [2.05, 4.69) is 36.0 Å². The van der Waals surface area contributed by atoms with Crippen LogP contribution < -0.4 is 5.32 Å². The zero-order valence-corrected chi connectivity index (χ0v) is 12.0. The molecule has 0 fully saturated rings. The van der Waals surface area contributed by atoms with Gasteiger partial charge in [-0.2, -0.15) is 0 Å². The van der Waals surface area contributed by atoms with Crippen molar-refractivity contribution in [1.29, 1.82) is 0 Å². The van der Waals surface area contributed by atoms with Gasteiger partial charge in [0.15, 0.2) is 5.13 Å². The Hall–Kier alpha value is -1.14. The zero-order valence-electron chi connectivity index (χ0n) is 11.1. The first kappa shape index (κ1) is 14.9. The van der Waals surface area contributed by atoms with E-state index >= 15 is 0 Å². The summed E-state index contributed by atoms with van der Waals surface area (Å²) in [5, 5.41) is 14.6. The Morgan fingerprint density at radius 3 is 2.78 bits per heavy atom. The second kappa shape index (κ2) is 7.33. The fraction of sp³-hybridized carbons (Fsp3) is 0.667. The molecule has 102 valence electrons. The van der Waals surface area contributed by atoms with Gasteiger partial charge < -0.3 is 15.3 Å². The van der Waals surface area contributed by atoms with Crippen LogP contribution in [0.25, 0.3) is 0 Å². The molecular formula is C12H21N3O2S. The first-order chi connectivity index (χ1) is 8.55. The molecule has 6 heteroatoms. The van der Waals surface area contributed by atoms with E-state index in [1.165, 1.54) is 11.3 Å². The van der Waals surface area contributed by atoms with Crippen LogP contribution in [-0.2, 0) is 11.2 Å². The van der Waals surface area contributed by atoms with Gasteiger partial charge >= 0.3 is 5.97 Å². The zero-order chi connectivity index (χ0) is 13.5. The fourth-order valence-corrected chi connectivity index (χ4v) is 2.56. The van der Waals surface area contributed by atoms with Crippen LogP contribution in [0, 0.1) is 0 Å². The van der Waals surface area contributed by atoms with E-state index in [4.69, 9.17) is 5.11 Å². The normalized spacial score (nSPS) is 12.7. The largest absolute Gasteiger partial charge is 0.481 e. The number of anilines is 1. The summed E-state index contributed by atoms with van der Waals surface area (Å²) in [5.74, 6) is -0.844.